The Morgan fingerprint density at radius 2 is 1.90 bits per heavy atom. The smallest absolute Gasteiger partial charge is 0.253 e. The molecule has 0 unspecified atom stereocenters. The Morgan fingerprint density at radius 1 is 1.33 bits per heavy atom. The Hall–Kier alpha value is -1.69. The van der Waals surface area contributed by atoms with Crippen molar-refractivity contribution in [3.05, 3.63) is 29.3 Å². The van der Waals surface area contributed by atoms with Gasteiger partial charge >= 0.3 is 0 Å². The van der Waals surface area contributed by atoms with Gasteiger partial charge in [-0.2, -0.15) is 0 Å². The van der Waals surface area contributed by atoms with Crippen molar-refractivity contribution < 1.29 is 18.3 Å². The average Bonchev–Trinajstić information content (AvgIpc) is 2.41. The fraction of sp³-hybridized carbons (Fsp3) is 0.533. The molecule has 0 aliphatic carbocycles. The monoisotopic (exact) mass is 300 g/mol. The Bertz CT molecular complexity index is 470. The highest BCUT2D eigenvalue weighted by molar-refractivity contribution is 5.94. The van der Waals surface area contributed by atoms with Crippen molar-refractivity contribution in [1.29, 1.82) is 0 Å². The summed E-state index contributed by atoms with van der Waals surface area (Å²) in [6, 6.07) is 2.09. The Morgan fingerprint density at radius 3 is 2.38 bits per heavy atom. The first-order chi connectivity index (χ1) is 9.86. The lowest BCUT2D eigenvalue weighted by Crippen LogP contribution is -2.31. The highest BCUT2D eigenvalue weighted by atomic mass is 19.1. The molecule has 0 saturated heterocycles. The molecule has 1 aromatic rings. The largest absolute Gasteiger partial charge is 0.381 e. The van der Waals surface area contributed by atoms with E-state index in [1.807, 2.05) is 13.8 Å². The van der Waals surface area contributed by atoms with Gasteiger partial charge in [0.1, 0.15) is 17.3 Å². The predicted molar refractivity (Wildman–Crippen MR) is 78.6 cm³/mol. The molecule has 0 aromatic heterocycles. The Labute approximate surface area is 124 Å². The summed E-state index contributed by atoms with van der Waals surface area (Å²) in [4.78, 5) is 13.5. The zero-order valence-corrected chi connectivity index (χ0v) is 12.9. The quantitative estimate of drug-likeness (QED) is 0.842. The minimum absolute atomic E-state index is 0.0151. The van der Waals surface area contributed by atoms with Gasteiger partial charge < -0.3 is 15.0 Å². The first kappa shape index (κ1) is 17.4. The molecule has 0 aliphatic rings. The van der Waals surface area contributed by atoms with Crippen molar-refractivity contribution in [1.82, 2.24) is 4.90 Å². The summed E-state index contributed by atoms with van der Waals surface area (Å²) in [5.41, 5.74) is -0.224. The van der Waals surface area contributed by atoms with Crippen LogP contribution in [-0.2, 0) is 4.74 Å². The molecule has 6 heteroatoms. The van der Waals surface area contributed by atoms with Gasteiger partial charge in [0, 0.05) is 25.7 Å². The van der Waals surface area contributed by atoms with Crippen molar-refractivity contribution in [3.63, 3.8) is 0 Å². The van der Waals surface area contributed by atoms with Gasteiger partial charge in [-0.1, -0.05) is 0 Å². The maximum absolute atomic E-state index is 13.8. The van der Waals surface area contributed by atoms with Crippen molar-refractivity contribution in [3.8, 4) is 0 Å². The third-order valence-corrected chi connectivity index (χ3v) is 2.87. The van der Waals surface area contributed by atoms with E-state index in [4.69, 9.17) is 4.74 Å². The molecule has 1 aromatic carbocycles. The van der Waals surface area contributed by atoms with E-state index in [1.165, 1.54) is 4.90 Å². The molecule has 0 atom stereocenters. The van der Waals surface area contributed by atoms with Crippen LogP contribution in [0.3, 0.4) is 0 Å². The van der Waals surface area contributed by atoms with Gasteiger partial charge in [-0.25, -0.2) is 8.78 Å². The molecule has 0 aliphatic heterocycles. The number of hydrogen-bond donors (Lipinski definition) is 1. The van der Waals surface area contributed by atoms with Gasteiger partial charge in [0.2, 0.25) is 0 Å². The fourth-order valence-corrected chi connectivity index (χ4v) is 1.79. The molecule has 0 fully saturated rings. The molecular formula is C15H22F2N2O2. The van der Waals surface area contributed by atoms with E-state index >= 15 is 0 Å². The number of hydrogen-bond acceptors (Lipinski definition) is 3. The number of rotatable bonds is 7. The molecule has 0 bridgehead atoms. The number of ether oxygens (including phenoxy) is 1. The van der Waals surface area contributed by atoms with E-state index < -0.39 is 17.5 Å². The minimum Gasteiger partial charge on any atom is -0.381 e. The number of amides is 1. The highest BCUT2D eigenvalue weighted by Gasteiger charge is 2.17. The molecule has 0 heterocycles. The molecule has 1 amide bonds. The number of carbonyl (C=O) groups is 1. The van der Waals surface area contributed by atoms with Crippen molar-refractivity contribution in [2.75, 3.05) is 32.1 Å². The molecule has 0 saturated carbocycles. The van der Waals surface area contributed by atoms with Gasteiger partial charge in [0.05, 0.1) is 12.7 Å². The summed E-state index contributed by atoms with van der Waals surface area (Å²) >= 11 is 0. The summed E-state index contributed by atoms with van der Waals surface area (Å²) in [6.07, 6.45) is 0.0720. The Kier molecular flexibility index (Phi) is 6.55. The summed E-state index contributed by atoms with van der Waals surface area (Å²) in [6.45, 7) is 6.65. The normalized spacial score (nSPS) is 10.8. The minimum atomic E-state index is -0.771. The van der Waals surface area contributed by atoms with Crippen LogP contribution in [-0.4, -0.2) is 43.7 Å². The molecule has 118 valence electrons. The zero-order valence-electron chi connectivity index (χ0n) is 12.9. The highest BCUT2D eigenvalue weighted by Crippen LogP contribution is 2.21. The van der Waals surface area contributed by atoms with Gasteiger partial charge in [0.15, 0.2) is 0 Å². The number of likely N-dealkylation sites (N-methyl/N-ethyl adjacent to an activating group) is 1. The zero-order chi connectivity index (χ0) is 16.0. The van der Waals surface area contributed by atoms with E-state index in [-0.39, 0.29) is 17.4 Å². The van der Waals surface area contributed by atoms with E-state index in [9.17, 15) is 13.6 Å². The van der Waals surface area contributed by atoms with Crippen LogP contribution in [0.2, 0.25) is 0 Å². The van der Waals surface area contributed by atoms with Gasteiger partial charge in [-0.15, -0.1) is 0 Å². The first-order valence-electron chi connectivity index (χ1n) is 6.96. The number of nitrogens with zero attached hydrogens (tertiary/aromatic N) is 1. The molecule has 21 heavy (non-hydrogen) atoms. The van der Waals surface area contributed by atoms with Gasteiger partial charge in [0.25, 0.3) is 5.91 Å². The summed E-state index contributed by atoms with van der Waals surface area (Å²) in [7, 11) is 1.57. The van der Waals surface area contributed by atoms with Crippen LogP contribution in [0.15, 0.2) is 12.1 Å². The summed E-state index contributed by atoms with van der Waals surface area (Å²) in [5, 5.41) is 2.59. The Balaban J connectivity index is 2.78. The van der Waals surface area contributed by atoms with E-state index in [2.05, 4.69) is 5.32 Å². The van der Waals surface area contributed by atoms with Crippen LogP contribution in [0.5, 0.6) is 0 Å². The molecule has 0 spiro atoms. The van der Waals surface area contributed by atoms with Gasteiger partial charge in [-0.3, -0.25) is 4.79 Å². The predicted octanol–water partition coefficient (Wildman–Crippen LogP) is 2.89. The second-order valence-corrected chi connectivity index (χ2v) is 4.99. The maximum Gasteiger partial charge on any atom is 0.253 e. The molecule has 4 nitrogen and oxygen atoms in total. The average molecular weight is 300 g/mol. The SMILES string of the molecule is CCNc1c(F)cc(C(=O)N(C)CCOC(C)C)cc1F. The van der Waals surface area contributed by atoms with Crippen molar-refractivity contribution >= 4 is 11.6 Å². The molecule has 1 rings (SSSR count). The van der Waals surface area contributed by atoms with Crippen LogP contribution < -0.4 is 5.32 Å². The van der Waals surface area contributed by atoms with E-state index in [0.717, 1.165) is 12.1 Å². The second kappa shape index (κ2) is 7.93. The third kappa shape index (κ3) is 4.97. The first-order valence-corrected chi connectivity index (χ1v) is 6.96. The number of nitrogens with one attached hydrogen (secondary N) is 1. The number of carbonyl (C=O) groups excluding carboxylic acids is 1. The molecule has 0 radical (unpaired) electrons. The van der Waals surface area contributed by atoms with Crippen molar-refractivity contribution in [2.24, 2.45) is 0 Å². The summed E-state index contributed by atoms with van der Waals surface area (Å²) in [5.74, 6) is -1.98. The van der Waals surface area contributed by atoms with Crippen LogP contribution in [0.1, 0.15) is 31.1 Å². The topological polar surface area (TPSA) is 41.6 Å². The lowest BCUT2D eigenvalue weighted by molar-refractivity contribution is 0.0531. The van der Waals surface area contributed by atoms with Crippen LogP contribution in [0.4, 0.5) is 14.5 Å². The lowest BCUT2D eigenvalue weighted by atomic mass is 10.1. The summed E-state index contributed by atoms with van der Waals surface area (Å²) < 4.78 is 32.9. The number of benzene rings is 1. The van der Waals surface area contributed by atoms with E-state index in [0.29, 0.717) is 19.7 Å². The van der Waals surface area contributed by atoms with Crippen molar-refractivity contribution in [2.45, 2.75) is 26.9 Å². The second-order valence-electron chi connectivity index (χ2n) is 4.99. The van der Waals surface area contributed by atoms with Crippen LogP contribution >= 0.6 is 0 Å². The van der Waals surface area contributed by atoms with Crippen LogP contribution in [0.25, 0.3) is 0 Å². The number of halogens is 2. The third-order valence-electron chi connectivity index (χ3n) is 2.87. The standard InChI is InChI=1S/C15H22F2N2O2/c1-5-18-14-12(16)8-11(9-13(14)17)15(20)19(4)6-7-21-10(2)3/h8-10,18H,5-7H2,1-4H3. The molecular weight excluding hydrogens is 278 g/mol. The van der Waals surface area contributed by atoms with Gasteiger partial charge in [-0.05, 0) is 32.9 Å². The van der Waals surface area contributed by atoms with Crippen LogP contribution in [0, 0.1) is 11.6 Å². The van der Waals surface area contributed by atoms with E-state index in [1.54, 1.807) is 14.0 Å². The fourth-order valence-electron chi connectivity index (χ4n) is 1.79. The maximum atomic E-state index is 13.8. The lowest BCUT2D eigenvalue weighted by Gasteiger charge is -2.18. The number of anilines is 1. The molecule has 1 N–H and O–H groups in total.